The molecular formula is C21H22N4O2. The quantitative estimate of drug-likeness (QED) is 0.712. The van der Waals surface area contributed by atoms with Crippen molar-refractivity contribution in [1.29, 1.82) is 0 Å². The van der Waals surface area contributed by atoms with E-state index in [1.807, 2.05) is 62.4 Å². The van der Waals surface area contributed by atoms with Crippen LogP contribution in [0.1, 0.15) is 23.0 Å². The number of rotatable bonds is 6. The lowest BCUT2D eigenvalue weighted by Gasteiger charge is -2.20. The zero-order valence-corrected chi connectivity index (χ0v) is 15.6. The molecule has 0 aliphatic heterocycles. The van der Waals surface area contributed by atoms with Gasteiger partial charge in [0.1, 0.15) is 5.75 Å². The second kappa shape index (κ2) is 8.31. The number of nitrogens with one attached hydrogen (secondary N) is 1. The number of anilines is 3. The fourth-order valence-electron chi connectivity index (χ4n) is 2.74. The summed E-state index contributed by atoms with van der Waals surface area (Å²) < 4.78 is 5.21. The van der Waals surface area contributed by atoms with Gasteiger partial charge >= 0.3 is 0 Å². The number of amides is 1. The number of aryl methyl sites for hydroxylation is 1. The molecular weight excluding hydrogens is 340 g/mol. The maximum Gasteiger partial charge on any atom is 0.278 e. The normalized spacial score (nSPS) is 10.3. The molecule has 0 radical (unpaired) electrons. The lowest BCUT2D eigenvalue weighted by molar-refractivity contribution is 0.0982. The van der Waals surface area contributed by atoms with Gasteiger partial charge in [-0.2, -0.15) is 0 Å². The number of hydrogen-bond donors (Lipinski definition) is 1. The minimum atomic E-state index is -0.177. The van der Waals surface area contributed by atoms with Crippen LogP contribution in [0.25, 0.3) is 0 Å². The molecule has 0 fully saturated rings. The summed E-state index contributed by atoms with van der Waals surface area (Å²) in [5.41, 5.74) is 3.08. The van der Waals surface area contributed by atoms with Gasteiger partial charge in [-0.15, -0.1) is 10.2 Å². The van der Waals surface area contributed by atoms with E-state index in [1.54, 1.807) is 24.1 Å². The minimum absolute atomic E-state index is 0.177. The van der Waals surface area contributed by atoms with Crippen molar-refractivity contribution in [2.24, 2.45) is 0 Å². The lowest BCUT2D eigenvalue weighted by atomic mass is 10.2. The van der Waals surface area contributed by atoms with Gasteiger partial charge in [0.2, 0.25) is 0 Å². The Morgan fingerprint density at radius 3 is 2.56 bits per heavy atom. The fraction of sp³-hybridized carbons (Fsp3) is 0.190. The number of nitrogens with zero attached hydrogens (tertiary/aromatic N) is 3. The first-order chi connectivity index (χ1) is 13.1. The van der Waals surface area contributed by atoms with Gasteiger partial charge in [-0.25, -0.2) is 0 Å². The molecule has 6 nitrogen and oxygen atoms in total. The predicted molar refractivity (Wildman–Crippen MR) is 107 cm³/mol. The van der Waals surface area contributed by atoms with E-state index in [2.05, 4.69) is 15.5 Å². The van der Waals surface area contributed by atoms with E-state index >= 15 is 0 Å². The van der Waals surface area contributed by atoms with Crippen LogP contribution >= 0.6 is 0 Å². The van der Waals surface area contributed by atoms with Gasteiger partial charge in [0.15, 0.2) is 11.5 Å². The average molecular weight is 362 g/mol. The molecule has 0 bridgehead atoms. The van der Waals surface area contributed by atoms with Crippen molar-refractivity contribution in [2.45, 2.75) is 13.8 Å². The van der Waals surface area contributed by atoms with Crippen molar-refractivity contribution in [2.75, 3.05) is 23.9 Å². The number of methoxy groups -OCH3 is 1. The number of carbonyl (C=O) groups is 1. The molecule has 27 heavy (non-hydrogen) atoms. The summed E-state index contributed by atoms with van der Waals surface area (Å²) >= 11 is 0. The third kappa shape index (κ3) is 4.41. The molecule has 0 aliphatic carbocycles. The molecule has 0 atom stereocenters. The van der Waals surface area contributed by atoms with Crippen molar-refractivity contribution >= 4 is 23.1 Å². The van der Waals surface area contributed by atoms with Crippen LogP contribution in [0.4, 0.5) is 17.2 Å². The molecule has 138 valence electrons. The van der Waals surface area contributed by atoms with E-state index in [1.165, 1.54) is 0 Å². The van der Waals surface area contributed by atoms with Gasteiger partial charge in [0.25, 0.3) is 5.91 Å². The van der Waals surface area contributed by atoms with E-state index in [0.717, 1.165) is 22.7 Å². The number of carbonyl (C=O) groups excluding carboxylic acids is 1. The zero-order chi connectivity index (χ0) is 19.2. The lowest BCUT2D eigenvalue weighted by Crippen LogP contribution is -2.31. The van der Waals surface area contributed by atoms with Crippen molar-refractivity contribution in [1.82, 2.24) is 10.2 Å². The van der Waals surface area contributed by atoms with Crippen LogP contribution in [0.15, 0.2) is 60.7 Å². The summed E-state index contributed by atoms with van der Waals surface area (Å²) in [5.74, 6) is 1.12. The van der Waals surface area contributed by atoms with E-state index in [0.29, 0.717) is 18.1 Å². The maximum atomic E-state index is 12.8. The first-order valence-corrected chi connectivity index (χ1v) is 8.74. The highest BCUT2D eigenvalue weighted by Gasteiger charge is 2.18. The summed E-state index contributed by atoms with van der Waals surface area (Å²) in [4.78, 5) is 14.5. The van der Waals surface area contributed by atoms with Crippen LogP contribution < -0.4 is 15.0 Å². The molecule has 0 spiro atoms. The Balaban J connectivity index is 1.76. The Morgan fingerprint density at radius 1 is 1.07 bits per heavy atom. The summed E-state index contributed by atoms with van der Waals surface area (Å²) in [5, 5.41) is 11.4. The van der Waals surface area contributed by atoms with Crippen LogP contribution in [0.3, 0.4) is 0 Å². The van der Waals surface area contributed by atoms with Crippen LogP contribution in [-0.4, -0.2) is 29.8 Å². The van der Waals surface area contributed by atoms with Crippen molar-refractivity contribution in [3.05, 3.63) is 71.9 Å². The van der Waals surface area contributed by atoms with E-state index in [9.17, 15) is 4.79 Å². The fourth-order valence-corrected chi connectivity index (χ4v) is 2.74. The molecule has 1 aromatic heterocycles. The number of ether oxygens (including phenoxy) is 1. The second-order valence-electron chi connectivity index (χ2n) is 6.05. The first kappa shape index (κ1) is 18.4. The SMILES string of the molecule is CCN(C(=O)c1ccc(Nc2cccc(OC)c2)nn1)c1cccc(C)c1. The molecule has 2 aromatic carbocycles. The van der Waals surface area contributed by atoms with Crippen molar-refractivity contribution in [3.8, 4) is 5.75 Å². The molecule has 3 rings (SSSR count). The van der Waals surface area contributed by atoms with Crippen LogP contribution in [0, 0.1) is 6.92 Å². The van der Waals surface area contributed by atoms with Gasteiger partial charge in [-0.05, 0) is 55.8 Å². The number of aromatic nitrogens is 2. The van der Waals surface area contributed by atoms with Crippen molar-refractivity contribution < 1.29 is 9.53 Å². The van der Waals surface area contributed by atoms with Crippen LogP contribution in [0.2, 0.25) is 0 Å². The van der Waals surface area contributed by atoms with Gasteiger partial charge in [-0.1, -0.05) is 18.2 Å². The Morgan fingerprint density at radius 2 is 1.89 bits per heavy atom. The molecule has 3 aromatic rings. The highest BCUT2D eigenvalue weighted by atomic mass is 16.5. The largest absolute Gasteiger partial charge is 0.497 e. The van der Waals surface area contributed by atoms with Gasteiger partial charge < -0.3 is 15.0 Å². The summed E-state index contributed by atoms with van der Waals surface area (Å²) in [6.45, 7) is 4.49. The highest BCUT2D eigenvalue weighted by Crippen LogP contribution is 2.21. The third-order valence-corrected chi connectivity index (χ3v) is 4.10. The molecule has 0 unspecified atom stereocenters. The average Bonchev–Trinajstić information content (AvgIpc) is 2.69. The van der Waals surface area contributed by atoms with Gasteiger partial charge in [-0.3, -0.25) is 4.79 Å². The third-order valence-electron chi connectivity index (χ3n) is 4.10. The molecule has 6 heteroatoms. The smallest absolute Gasteiger partial charge is 0.278 e. The van der Waals surface area contributed by atoms with E-state index < -0.39 is 0 Å². The summed E-state index contributed by atoms with van der Waals surface area (Å²) in [6.07, 6.45) is 0. The Labute approximate surface area is 158 Å². The number of hydrogen-bond acceptors (Lipinski definition) is 5. The maximum absolute atomic E-state index is 12.8. The van der Waals surface area contributed by atoms with Gasteiger partial charge in [0, 0.05) is 24.0 Å². The second-order valence-corrected chi connectivity index (χ2v) is 6.05. The standard InChI is InChI=1S/C21H22N4O2/c1-4-25(17-9-5-7-15(2)13-17)21(26)19-11-12-20(24-23-19)22-16-8-6-10-18(14-16)27-3/h5-14H,4H2,1-3H3,(H,22,24). The molecule has 1 heterocycles. The Hall–Kier alpha value is -3.41. The van der Waals surface area contributed by atoms with E-state index in [-0.39, 0.29) is 5.91 Å². The Bertz CT molecular complexity index is 925. The molecule has 0 aliphatic rings. The van der Waals surface area contributed by atoms with Gasteiger partial charge in [0.05, 0.1) is 7.11 Å². The molecule has 0 saturated heterocycles. The van der Waals surface area contributed by atoms with Crippen molar-refractivity contribution in [3.63, 3.8) is 0 Å². The predicted octanol–water partition coefficient (Wildman–Crippen LogP) is 4.20. The zero-order valence-electron chi connectivity index (χ0n) is 15.6. The molecule has 1 amide bonds. The van der Waals surface area contributed by atoms with Crippen LogP contribution in [0.5, 0.6) is 5.75 Å². The topological polar surface area (TPSA) is 67.4 Å². The molecule has 0 saturated carbocycles. The highest BCUT2D eigenvalue weighted by molar-refractivity contribution is 6.04. The Kier molecular flexibility index (Phi) is 5.66. The summed E-state index contributed by atoms with van der Waals surface area (Å²) in [7, 11) is 1.62. The summed E-state index contributed by atoms with van der Waals surface area (Å²) in [6, 6.07) is 18.8. The van der Waals surface area contributed by atoms with E-state index in [4.69, 9.17) is 4.74 Å². The number of benzene rings is 2. The monoisotopic (exact) mass is 362 g/mol. The molecule has 1 N–H and O–H groups in total. The van der Waals surface area contributed by atoms with Crippen LogP contribution in [-0.2, 0) is 0 Å². The minimum Gasteiger partial charge on any atom is -0.497 e. The first-order valence-electron chi connectivity index (χ1n) is 8.74.